The molecule has 0 aliphatic heterocycles. The molecule has 0 unspecified atom stereocenters. The van der Waals surface area contributed by atoms with E-state index in [0.717, 1.165) is 6.54 Å². The van der Waals surface area contributed by atoms with Gasteiger partial charge in [-0.1, -0.05) is 135 Å². The predicted molar refractivity (Wildman–Crippen MR) is 144 cm³/mol. The second-order valence-electron chi connectivity index (χ2n) is 10.4. The van der Waals surface area contributed by atoms with Crippen LogP contribution in [-0.4, -0.2) is 4.57 Å². The average molecular weight is 454 g/mol. The minimum atomic E-state index is 0.519. The van der Waals surface area contributed by atoms with Gasteiger partial charge in [-0.3, -0.25) is 0 Å². The Bertz CT molecular complexity index is 701. The molecule has 1 aromatic heterocycles. The normalized spacial score (nSPS) is 11.5. The van der Waals surface area contributed by atoms with Crippen molar-refractivity contribution in [2.24, 2.45) is 0 Å². The van der Waals surface area contributed by atoms with Crippen LogP contribution < -0.4 is 4.57 Å². The number of hydrogen-bond donors (Lipinski definition) is 0. The molecule has 0 bridgehead atoms. The second kappa shape index (κ2) is 17.8. The Balaban J connectivity index is 1.46. The molecule has 2 nitrogen and oxygen atoms in total. The smallest absolute Gasteiger partial charge is 0.234 e. The fourth-order valence-electron chi connectivity index (χ4n) is 5.05. The molecule has 0 aliphatic carbocycles. The summed E-state index contributed by atoms with van der Waals surface area (Å²) >= 11 is 0. The van der Waals surface area contributed by atoms with Crippen LogP contribution in [0.1, 0.15) is 142 Å². The number of rotatable bonds is 20. The summed E-state index contributed by atoms with van der Waals surface area (Å²) in [4.78, 5) is 0. The zero-order valence-corrected chi connectivity index (χ0v) is 22.2. The van der Waals surface area contributed by atoms with Crippen molar-refractivity contribution in [2.45, 2.75) is 142 Å². The lowest BCUT2D eigenvalue weighted by atomic mass is 10.0. The number of para-hydroxylation sites is 1. The van der Waals surface area contributed by atoms with E-state index in [2.05, 4.69) is 72.6 Å². The van der Waals surface area contributed by atoms with E-state index in [1.807, 2.05) is 0 Å². The highest BCUT2D eigenvalue weighted by molar-refractivity contribution is 5.32. The van der Waals surface area contributed by atoms with E-state index >= 15 is 0 Å². The van der Waals surface area contributed by atoms with Crippen LogP contribution in [0.25, 0.3) is 5.69 Å². The van der Waals surface area contributed by atoms with E-state index in [1.165, 1.54) is 121 Å². The van der Waals surface area contributed by atoms with Crippen LogP contribution in [-0.2, 0) is 6.54 Å². The number of nitrogens with zero attached hydrogens (tertiary/aromatic N) is 2. The highest BCUT2D eigenvalue weighted by Gasteiger charge is 2.21. The lowest BCUT2D eigenvalue weighted by Gasteiger charge is -2.08. The van der Waals surface area contributed by atoms with Gasteiger partial charge in [0.1, 0.15) is 18.1 Å². The molecular formula is C31H53N2+. The van der Waals surface area contributed by atoms with Crippen molar-refractivity contribution in [3.8, 4) is 5.69 Å². The Morgan fingerprint density at radius 3 is 1.55 bits per heavy atom. The number of hydrogen-bond acceptors (Lipinski definition) is 0. The predicted octanol–water partition coefficient (Wildman–Crippen LogP) is 9.54. The van der Waals surface area contributed by atoms with Gasteiger partial charge in [-0.05, 0) is 25.0 Å². The minimum Gasteiger partial charge on any atom is -0.234 e. The van der Waals surface area contributed by atoms with E-state index in [1.54, 1.807) is 0 Å². The fourth-order valence-corrected chi connectivity index (χ4v) is 5.05. The summed E-state index contributed by atoms with van der Waals surface area (Å²) in [6, 6.07) is 10.7. The molecule has 0 aliphatic rings. The van der Waals surface area contributed by atoms with Crippen molar-refractivity contribution in [2.75, 3.05) is 0 Å². The minimum absolute atomic E-state index is 0.519. The zero-order valence-electron chi connectivity index (χ0n) is 22.2. The Hall–Kier alpha value is -1.57. The van der Waals surface area contributed by atoms with Crippen LogP contribution in [0.2, 0.25) is 0 Å². The van der Waals surface area contributed by atoms with Gasteiger partial charge in [0.15, 0.2) is 0 Å². The molecule has 1 heterocycles. The van der Waals surface area contributed by atoms with Crippen molar-refractivity contribution in [1.29, 1.82) is 0 Å². The van der Waals surface area contributed by atoms with E-state index in [9.17, 15) is 0 Å². The van der Waals surface area contributed by atoms with E-state index < -0.39 is 0 Å². The molecular weight excluding hydrogens is 400 g/mol. The maximum Gasteiger partial charge on any atom is 0.264 e. The van der Waals surface area contributed by atoms with E-state index in [4.69, 9.17) is 0 Å². The van der Waals surface area contributed by atoms with Gasteiger partial charge in [0.2, 0.25) is 0 Å². The molecule has 2 aromatic rings. The molecule has 186 valence electrons. The van der Waals surface area contributed by atoms with Crippen molar-refractivity contribution < 1.29 is 4.57 Å². The number of aromatic nitrogens is 2. The molecule has 0 N–H and O–H groups in total. The van der Waals surface area contributed by atoms with E-state index in [-0.39, 0.29) is 0 Å². The first kappa shape index (κ1) is 27.7. The maximum absolute atomic E-state index is 2.48. The maximum atomic E-state index is 2.48. The third-order valence-corrected chi connectivity index (χ3v) is 6.99. The van der Waals surface area contributed by atoms with Crippen LogP contribution >= 0.6 is 0 Å². The van der Waals surface area contributed by atoms with Crippen molar-refractivity contribution in [3.05, 3.63) is 48.5 Å². The van der Waals surface area contributed by atoms with Crippen LogP contribution in [0.5, 0.6) is 0 Å². The van der Waals surface area contributed by atoms with Gasteiger partial charge in [0.25, 0.3) is 5.82 Å². The number of imidazole rings is 1. The highest BCUT2D eigenvalue weighted by atomic mass is 15.2. The average Bonchev–Trinajstić information content (AvgIpc) is 3.26. The molecule has 2 rings (SSSR count). The molecule has 0 saturated carbocycles. The van der Waals surface area contributed by atoms with Crippen molar-refractivity contribution in [1.82, 2.24) is 4.57 Å². The van der Waals surface area contributed by atoms with Gasteiger partial charge >= 0.3 is 0 Å². The molecule has 0 fully saturated rings. The van der Waals surface area contributed by atoms with Crippen LogP contribution in [0.3, 0.4) is 0 Å². The van der Waals surface area contributed by atoms with Crippen LogP contribution in [0, 0.1) is 0 Å². The first-order valence-corrected chi connectivity index (χ1v) is 14.4. The largest absolute Gasteiger partial charge is 0.264 e. The van der Waals surface area contributed by atoms with Gasteiger partial charge in [-0.2, -0.15) is 4.57 Å². The van der Waals surface area contributed by atoms with Gasteiger partial charge in [0.05, 0.1) is 12.5 Å². The molecule has 0 saturated heterocycles. The lowest BCUT2D eigenvalue weighted by Crippen LogP contribution is -2.37. The summed E-state index contributed by atoms with van der Waals surface area (Å²) in [6.45, 7) is 8.06. The van der Waals surface area contributed by atoms with Gasteiger partial charge in [-0.25, -0.2) is 4.57 Å². The van der Waals surface area contributed by atoms with Crippen LogP contribution in [0.4, 0.5) is 0 Å². The summed E-state index contributed by atoms with van der Waals surface area (Å²) in [7, 11) is 0. The molecule has 0 amide bonds. The summed E-state index contributed by atoms with van der Waals surface area (Å²) in [5, 5.41) is 0. The Kier molecular flexibility index (Phi) is 15.0. The lowest BCUT2D eigenvalue weighted by molar-refractivity contribution is -0.705. The molecule has 0 radical (unpaired) electrons. The zero-order chi connectivity index (χ0) is 23.6. The standard InChI is InChI=1S/C31H53N2/c1-4-5-6-7-8-9-10-11-12-13-14-15-16-17-18-19-23-26-32-27-28-33(31(32)29(2)3)30-24-21-20-22-25-30/h20-22,24-25,27-29H,4-19,23,26H2,1-3H3/q+1. The third-order valence-electron chi connectivity index (χ3n) is 6.99. The second-order valence-corrected chi connectivity index (χ2v) is 10.4. The third kappa shape index (κ3) is 11.4. The van der Waals surface area contributed by atoms with Crippen molar-refractivity contribution in [3.63, 3.8) is 0 Å². The monoisotopic (exact) mass is 453 g/mol. The topological polar surface area (TPSA) is 8.81 Å². The molecule has 2 heteroatoms. The summed E-state index contributed by atoms with van der Waals surface area (Å²) in [5.74, 6) is 1.93. The molecule has 1 aromatic carbocycles. The number of unbranched alkanes of at least 4 members (excludes halogenated alkanes) is 16. The Morgan fingerprint density at radius 2 is 1.09 bits per heavy atom. The molecule has 0 spiro atoms. The SMILES string of the molecule is CCCCCCCCCCCCCCCCCCC[n+]1ccn(-c2ccccc2)c1C(C)C. The summed E-state index contributed by atoms with van der Waals surface area (Å²) in [5.41, 5.74) is 1.27. The quantitative estimate of drug-likeness (QED) is 0.139. The van der Waals surface area contributed by atoms with Gasteiger partial charge < -0.3 is 0 Å². The summed E-state index contributed by atoms with van der Waals surface area (Å²) in [6.07, 6.45) is 28.8. The van der Waals surface area contributed by atoms with E-state index in [0.29, 0.717) is 5.92 Å². The fraction of sp³-hybridized carbons (Fsp3) is 0.710. The molecule has 0 atom stereocenters. The highest BCUT2D eigenvalue weighted by Crippen LogP contribution is 2.17. The number of aryl methyl sites for hydroxylation is 1. The molecule has 33 heavy (non-hydrogen) atoms. The first-order chi connectivity index (χ1) is 16.2. The Morgan fingerprint density at radius 1 is 0.636 bits per heavy atom. The number of benzene rings is 1. The van der Waals surface area contributed by atoms with Crippen molar-refractivity contribution >= 4 is 0 Å². The van der Waals surface area contributed by atoms with Gasteiger partial charge in [0, 0.05) is 0 Å². The summed E-state index contributed by atoms with van der Waals surface area (Å²) < 4.78 is 4.83. The first-order valence-electron chi connectivity index (χ1n) is 14.4. The Labute approximate surface area is 205 Å². The van der Waals surface area contributed by atoms with Crippen LogP contribution in [0.15, 0.2) is 42.7 Å². The van der Waals surface area contributed by atoms with Gasteiger partial charge in [-0.15, -0.1) is 0 Å².